The molecule has 29 heavy (non-hydrogen) atoms. The molecule has 1 amide bonds. The second-order valence-corrected chi connectivity index (χ2v) is 7.81. The van der Waals surface area contributed by atoms with Crippen LogP contribution in [0.3, 0.4) is 0 Å². The highest BCUT2D eigenvalue weighted by atomic mass is 32.2. The van der Waals surface area contributed by atoms with E-state index in [4.69, 9.17) is 4.74 Å². The normalized spacial score (nSPS) is 11.7. The van der Waals surface area contributed by atoms with Crippen molar-refractivity contribution in [2.75, 3.05) is 12.4 Å². The molecule has 1 aromatic heterocycles. The predicted octanol–water partition coefficient (Wildman–Crippen LogP) is 4.57. The highest BCUT2D eigenvalue weighted by molar-refractivity contribution is 8.00. The van der Waals surface area contributed by atoms with E-state index in [-0.39, 0.29) is 11.2 Å². The summed E-state index contributed by atoms with van der Waals surface area (Å²) in [4.78, 5) is 12.7. The standard InChI is InChI=1S/C22H24N4O2S/c1-5-14-26-20(17-10-12-18(28-4)13-11-17)24-25-22(26)29-16(3)21(27)23-19-9-7-6-8-15(19)2/h5-13,16H,1,14H2,2-4H3,(H,23,27). The third-order valence-electron chi connectivity index (χ3n) is 4.43. The Morgan fingerprint density at radius 2 is 1.97 bits per heavy atom. The van der Waals surface area contributed by atoms with Crippen LogP contribution in [-0.2, 0) is 11.3 Å². The average Bonchev–Trinajstić information content (AvgIpc) is 3.12. The molecular weight excluding hydrogens is 384 g/mol. The van der Waals surface area contributed by atoms with Gasteiger partial charge in [-0.05, 0) is 49.7 Å². The number of allylic oxidation sites excluding steroid dienone is 1. The average molecular weight is 409 g/mol. The summed E-state index contributed by atoms with van der Waals surface area (Å²) in [5.41, 5.74) is 2.76. The lowest BCUT2D eigenvalue weighted by Crippen LogP contribution is -2.23. The molecule has 0 aliphatic carbocycles. The van der Waals surface area contributed by atoms with Gasteiger partial charge in [-0.15, -0.1) is 16.8 Å². The fourth-order valence-corrected chi connectivity index (χ4v) is 3.64. The molecule has 6 nitrogen and oxygen atoms in total. The van der Waals surface area contributed by atoms with Gasteiger partial charge in [0.25, 0.3) is 0 Å². The number of thioether (sulfide) groups is 1. The van der Waals surface area contributed by atoms with Gasteiger partial charge in [0.15, 0.2) is 11.0 Å². The Kier molecular flexibility index (Phi) is 6.72. The molecule has 3 rings (SSSR count). The van der Waals surface area contributed by atoms with E-state index in [0.717, 1.165) is 28.4 Å². The number of aryl methyl sites for hydroxylation is 1. The molecule has 1 atom stereocenters. The number of para-hydroxylation sites is 1. The largest absolute Gasteiger partial charge is 0.497 e. The third-order valence-corrected chi connectivity index (χ3v) is 5.51. The second kappa shape index (κ2) is 9.43. The predicted molar refractivity (Wildman–Crippen MR) is 117 cm³/mol. The van der Waals surface area contributed by atoms with Crippen molar-refractivity contribution in [1.82, 2.24) is 14.8 Å². The number of hydrogen-bond donors (Lipinski definition) is 1. The first-order chi connectivity index (χ1) is 14.0. The molecule has 1 N–H and O–H groups in total. The van der Waals surface area contributed by atoms with Crippen LogP contribution in [0.5, 0.6) is 5.75 Å². The third kappa shape index (κ3) is 4.86. The number of anilines is 1. The van der Waals surface area contributed by atoms with Gasteiger partial charge in [0, 0.05) is 17.8 Å². The molecule has 0 spiro atoms. The Bertz CT molecular complexity index is 998. The molecule has 0 radical (unpaired) electrons. The summed E-state index contributed by atoms with van der Waals surface area (Å²) in [6.45, 7) is 8.21. The van der Waals surface area contributed by atoms with Crippen molar-refractivity contribution < 1.29 is 9.53 Å². The van der Waals surface area contributed by atoms with Crippen molar-refractivity contribution in [2.24, 2.45) is 0 Å². The number of hydrogen-bond acceptors (Lipinski definition) is 5. The van der Waals surface area contributed by atoms with Crippen LogP contribution >= 0.6 is 11.8 Å². The fourth-order valence-electron chi connectivity index (χ4n) is 2.78. The van der Waals surface area contributed by atoms with Gasteiger partial charge in [-0.25, -0.2) is 0 Å². The first-order valence-corrected chi connectivity index (χ1v) is 10.1. The van der Waals surface area contributed by atoms with Crippen LogP contribution in [0.4, 0.5) is 5.69 Å². The van der Waals surface area contributed by atoms with E-state index in [9.17, 15) is 4.79 Å². The van der Waals surface area contributed by atoms with E-state index >= 15 is 0 Å². The number of carbonyl (C=O) groups excluding carboxylic acids is 1. The molecule has 3 aromatic rings. The van der Waals surface area contributed by atoms with Crippen LogP contribution in [0, 0.1) is 6.92 Å². The van der Waals surface area contributed by atoms with Crippen molar-refractivity contribution in [1.29, 1.82) is 0 Å². The Balaban J connectivity index is 1.79. The maximum absolute atomic E-state index is 12.7. The Labute approximate surface area is 175 Å². The lowest BCUT2D eigenvalue weighted by Gasteiger charge is -2.14. The second-order valence-electron chi connectivity index (χ2n) is 6.50. The molecule has 0 bridgehead atoms. The zero-order valence-electron chi connectivity index (χ0n) is 16.8. The molecule has 0 saturated heterocycles. The van der Waals surface area contributed by atoms with Gasteiger partial charge >= 0.3 is 0 Å². The lowest BCUT2D eigenvalue weighted by atomic mass is 10.2. The molecule has 0 aliphatic rings. The molecule has 7 heteroatoms. The topological polar surface area (TPSA) is 69.0 Å². The molecule has 150 valence electrons. The quantitative estimate of drug-likeness (QED) is 0.437. The van der Waals surface area contributed by atoms with Crippen LogP contribution in [0.15, 0.2) is 66.3 Å². The van der Waals surface area contributed by atoms with Gasteiger partial charge < -0.3 is 10.1 Å². The van der Waals surface area contributed by atoms with E-state index < -0.39 is 0 Å². The summed E-state index contributed by atoms with van der Waals surface area (Å²) >= 11 is 1.37. The number of methoxy groups -OCH3 is 1. The highest BCUT2D eigenvalue weighted by Gasteiger charge is 2.21. The van der Waals surface area contributed by atoms with Crippen molar-refractivity contribution in [3.05, 3.63) is 66.7 Å². The van der Waals surface area contributed by atoms with E-state index in [0.29, 0.717) is 11.7 Å². The molecule has 0 fully saturated rings. The summed E-state index contributed by atoms with van der Waals surface area (Å²) in [7, 11) is 1.63. The SMILES string of the molecule is C=CCn1c(SC(C)C(=O)Nc2ccccc2C)nnc1-c1ccc(OC)cc1. The molecule has 1 heterocycles. The minimum Gasteiger partial charge on any atom is -0.497 e. The zero-order valence-corrected chi connectivity index (χ0v) is 17.6. The van der Waals surface area contributed by atoms with E-state index in [1.165, 1.54) is 11.8 Å². The number of ether oxygens (including phenoxy) is 1. The molecular formula is C22H24N4O2S. The summed E-state index contributed by atoms with van der Waals surface area (Å²) in [6, 6.07) is 15.4. The number of rotatable bonds is 8. The van der Waals surface area contributed by atoms with E-state index in [1.54, 1.807) is 13.2 Å². The summed E-state index contributed by atoms with van der Waals surface area (Å²) in [5, 5.41) is 12.0. The Morgan fingerprint density at radius 1 is 1.24 bits per heavy atom. The van der Waals surface area contributed by atoms with Gasteiger partial charge in [0.1, 0.15) is 5.75 Å². The van der Waals surface area contributed by atoms with Crippen molar-refractivity contribution in [3.63, 3.8) is 0 Å². The van der Waals surface area contributed by atoms with Crippen LogP contribution in [0.2, 0.25) is 0 Å². The maximum atomic E-state index is 12.7. The van der Waals surface area contributed by atoms with Crippen molar-refractivity contribution >= 4 is 23.4 Å². The fraction of sp³-hybridized carbons (Fsp3) is 0.227. The minimum absolute atomic E-state index is 0.0801. The lowest BCUT2D eigenvalue weighted by molar-refractivity contribution is -0.115. The van der Waals surface area contributed by atoms with E-state index in [1.807, 2.05) is 66.9 Å². The van der Waals surface area contributed by atoms with Crippen LogP contribution in [-0.4, -0.2) is 33.0 Å². The number of amides is 1. The van der Waals surface area contributed by atoms with Gasteiger partial charge in [-0.1, -0.05) is 36.0 Å². The number of benzene rings is 2. The minimum atomic E-state index is -0.342. The zero-order chi connectivity index (χ0) is 20.8. The highest BCUT2D eigenvalue weighted by Crippen LogP contribution is 2.28. The molecule has 1 unspecified atom stereocenters. The maximum Gasteiger partial charge on any atom is 0.237 e. The number of nitrogens with one attached hydrogen (secondary N) is 1. The first kappa shape index (κ1) is 20.7. The van der Waals surface area contributed by atoms with Crippen molar-refractivity contribution in [3.8, 4) is 17.1 Å². The smallest absolute Gasteiger partial charge is 0.237 e. The summed E-state index contributed by atoms with van der Waals surface area (Å²) in [6.07, 6.45) is 1.79. The summed E-state index contributed by atoms with van der Waals surface area (Å²) < 4.78 is 7.17. The van der Waals surface area contributed by atoms with Crippen LogP contribution in [0.1, 0.15) is 12.5 Å². The molecule has 0 saturated carbocycles. The van der Waals surface area contributed by atoms with Gasteiger partial charge in [0.2, 0.25) is 5.91 Å². The van der Waals surface area contributed by atoms with Gasteiger partial charge in [0.05, 0.1) is 12.4 Å². The number of nitrogens with zero attached hydrogens (tertiary/aromatic N) is 3. The number of carbonyl (C=O) groups is 1. The molecule has 0 aliphatic heterocycles. The first-order valence-electron chi connectivity index (χ1n) is 9.25. The molecule has 2 aromatic carbocycles. The van der Waals surface area contributed by atoms with Gasteiger partial charge in [-0.2, -0.15) is 0 Å². The van der Waals surface area contributed by atoms with Gasteiger partial charge in [-0.3, -0.25) is 9.36 Å². The van der Waals surface area contributed by atoms with Crippen LogP contribution in [0.25, 0.3) is 11.4 Å². The van der Waals surface area contributed by atoms with Crippen molar-refractivity contribution in [2.45, 2.75) is 30.8 Å². The van der Waals surface area contributed by atoms with E-state index in [2.05, 4.69) is 22.1 Å². The summed E-state index contributed by atoms with van der Waals surface area (Å²) in [5.74, 6) is 1.42. The monoisotopic (exact) mass is 408 g/mol. The number of aromatic nitrogens is 3. The van der Waals surface area contributed by atoms with Crippen LogP contribution < -0.4 is 10.1 Å². The Morgan fingerprint density at radius 3 is 2.62 bits per heavy atom. The Hall–Kier alpha value is -3.06.